The Bertz CT molecular complexity index is 595. The van der Waals surface area contributed by atoms with Gasteiger partial charge in [-0.05, 0) is 30.5 Å². The fraction of sp³-hybridized carbons (Fsp3) is 0.529. The molecule has 1 aromatic rings. The number of methoxy groups -OCH3 is 1. The zero-order valence-electron chi connectivity index (χ0n) is 13.5. The molecule has 1 aliphatic heterocycles. The predicted molar refractivity (Wildman–Crippen MR) is 84.3 cm³/mol. The number of nitrogens with zero attached hydrogens (tertiary/aromatic N) is 1. The van der Waals surface area contributed by atoms with Crippen molar-refractivity contribution in [1.29, 1.82) is 0 Å². The molecule has 6 heteroatoms. The smallest absolute Gasteiger partial charge is 0.248 e. The van der Waals surface area contributed by atoms with Crippen molar-refractivity contribution in [3.05, 3.63) is 29.8 Å². The Kier molecular flexibility index (Phi) is 4.26. The van der Waals surface area contributed by atoms with E-state index in [0.717, 1.165) is 24.2 Å². The molecule has 2 aliphatic rings. The zero-order valence-corrected chi connectivity index (χ0v) is 13.5. The highest BCUT2D eigenvalue weighted by atomic mass is 16.5. The molecule has 0 spiro atoms. The van der Waals surface area contributed by atoms with Gasteiger partial charge in [0, 0.05) is 20.1 Å². The van der Waals surface area contributed by atoms with Gasteiger partial charge in [0.1, 0.15) is 12.4 Å². The van der Waals surface area contributed by atoms with Gasteiger partial charge in [0.25, 0.3) is 0 Å². The van der Waals surface area contributed by atoms with E-state index in [2.05, 4.69) is 5.32 Å². The number of rotatable bonds is 5. The SMILES string of the molecule is COc1ccc(C2(C(=O)NC[C@H]3CN(C)C(=O)CO3)CC2)cc1. The van der Waals surface area contributed by atoms with Gasteiger partial charge in [0.2, 0.25) is 11.8 Å². The summed E-state index contributed by atoms with van der Waals surface area (Å²) in [5, 5.41) is 2.98. The summed E-state index contributed by atoms with van der Waals surface area (Å²) in [7, 11) is 3.37. The Morgan fingerprint density at radius 1 is 1.39 bits per heavy atom. The summed E-state index contributed by atoms with van der Waals surface area (Å²) in [5.74, 6) is 0.795. The number of hydrogen-bond acceptors (Lipinski definition) is 4. The summed E-state index contributed by atoms with van der Waals surface area (Å²) in [6.07, 6.45) is 1.57. The highest BCUT2D eigenvalue weighted by Gasteiger charge is 2.51. The van der Waals surface area contributed by atoms with Crippen LogP contribution in [-0.4, -0.2) is 56.7 Å². The molecule has 1 saturated heterocycles. The van der Waals surface area contributed by atoms with E-state index >= 15 is 0 Å². The average molecular weight is 318 g/mol. The number of likely N-dealkylation sites (N-methyl/N-ethyl adjacent to an activating group) is 1. The lowest BCUT2D eigenvalue weighted by molar-refractivity contribution is -0.146. The molecule has 1 saturated carbocycles. The molecule has 0 radical (unpaired) electrons. The molecule has 0 bridgehead atoms. The molecular formula is C17H22N2O4. The zero-order chi connectivity index (χ0) is 16.4. The van der Waals surface area contributed by atoms with Gasteiger partial charge in [0.05, 0.1) is 18.6 Å². The Labute approximate surface area is 135 Å². The average Bonchev–Trinajstić information content (AvgIpc) is 3.37. The van der Waals surface area contributed by atoms with Crippen LogP contribution in [0.2, 0.25) is 0 Å². The van der Waals surface area contributed by atoms with E-state index < -0.39 is 5.41 Å². The number of amides is 2. The standard InChI is InChI=1S/C17H22N2O4/c1-19-10-14(23-11-15(19)20)9-18-16(21)17(7-8-17)12-3-5-13(22-2)6-4-12/h3-6,14H,7-11H2,1-2H3,(H,18,21)/t14-/m0/s1. The lowest BCUT2D eigenvalue weighted by atomic mass is 9.95. The molecule has 23 heavy (non-hydrogen) atoms. The number of benzene rings is 1. The Hall–Kier alpha value is -2.08. The summed E-state index contributed by atoms with van der Waals surface area (Å²) in [4.78, 5) is 25.6. The topological polar surface area (TPSA) is 67.9 Å². The first-order chi connectivity index (χ1) is 11.0. The van der Waals surface area contributed by atoms with Crippen LogP contribution in [0.5, 0.6) is 5.75 Å². The lowest BCUT2D eigenvalue weighted by Crippen LogP contribution is -2.49. The quantitative estimate of drug-likeness (QED) is 0.868. The molecule has 1 aromatic carbocycles. The minimum atomic E-state index is -0.414. The first kappa shape index (κ1) is 15.8. The molecule has 0 aromatic heterocycles. The van der Waals surface area contributed by atoms with Crippen LogP contribution in [0.1, 0.15) is 18.4 Å². The van der Waals surface area contributed by atoms with E-state index in [1.807, 2.05) is 24.3 Å². The van der Waals surface area contributed by atoms with Crippen LogP contribution in [0.4, 0.5) is 0 Å². The van der Waals surface area contributed by atoms with E-state index in [-0.39, 0.29) is 24.5 Å². The minimum Gasteiger partial charge on any atom is -0.497 e. The number of ether oxygens (including phenoxy) is 2. The summed E-state index contributed by atoms with van der Waals surface area (Å²) >= 11 is 0. The monoisotopic (exact) mass is 318 g/mol. The normalized spacial score (nSPS) is 22.6. The first-order valence-electron chi connectivity index (χ1n) is 7.83. The van der Waals surface area contributed by atoms with Crippen molar-refractivity contribution in [3.8, 4) is 5.75 Å². The van der Waals surface area contributed by atoms with Gasteiger partial charge in [-0.25, -0.2) is 0 Å². The van der Waals surface area contributed by atoms with Gasteiger partial charge in [-0.3, -0.25) is 9.59 Å². The molecule has 124 valence electrons. The highest BCUT2D eigenvalue weighted by molar-refractivity contribution is 5.91. The molecule has 1 N–H and O–H groups in total. The molecule has 2 amide bonds. The molecule has 1 aliphatic carbocycles. The number of carbonyl (C=O) groups excluding carboxylic acids is 2. The Balaban J connectivity index is 1.58. The minimum absolute atomic E-state index is 0.0236. The second kappa shape index (κ2) is 6.20. The third-order valence-corrected chi connectivity index (χ3v) is 4.66. The number of hydrogen-bond donors (Lipinski definition) is 1. The van der Waals surface area contributed by atoms with E-state index in [0.29, 0.717) is 13.1 Å². The van der Waals surface area contributed by atoms with E-state index in [1.165, 1.54) is 0 Å². The summed E-state index contributed by atoms with van der Waals surface area (Å²) < 4.78 is 10.6. The predicted octanol–water partition coefficient (Wildman–Crippen LogP) is 0.700. The van der Waals surface area contributed by atoms with Gasteiger partial charge < -0.3 is 19.7 Å². The number of morpholine rings is 1. The van der Waals surface area contributed by atoms with E-state index in [4.69, 9.17) is 9.47 Å². The molecule has 2 fully saturated rings. The maximum Gasteiger partial charge on any atom is 0.248 e. The van der Waals surface area contributed by atoms with Crippen molar-refractivity contribution in [2.75, 3.05) is 33.9 Å². The summed E-state index contributed by atoms with van der Waals surface area (Å²) in [6.45, 7) is 1.02. The van der Waals surface area contributed by atoms with Crippen LogP contribution in [0.15, 0.2) is 24.3 Å². The van der Waals surface area contributed by atoms with Crippen molar-refractivity contribution in [2.45, 2.75) is 24.4 Å². The number of carbonyl (C=O) groups is 2. The fourth-order valence-electron chi connectivity index (χ4n) is 2.94. The van der Waals surface area contributed by atoms with Crippen molar-refractivity contribution < 1.29 is 19.1 Å². The van der Waals surface area contributed by atoms with Gasteiger partial charge >= 0.3 is 0 Å². The largest absolute Gasteiger partial charge is 0.497 e. The third-order valence-electron chi connectivity index (χ3n) is 4.66. The molecule has 1 atom stereocenters. The summed E-state index contributed by atoms with van der Waals surface area (Å²) in [6, 6.07) is 7.67. The summed E-state index contributed by atoms with van der Waals surface area (Å²) in [5.41, 5.74) is 0.607. The van der Waals surface area contributed by atoms with Gasteiger partial charge in [0.15, 0.2) is 0 Å². The van der Waals surface area contributed by atoms with Crippen molar-refractivity contribution >= 4 is 11.8 Å². The van der Waals surface area contributed by atoms with Gasteiger partial charge in [-0.2, -0.15) is 0 Å². The van der Waals surface area contributed by atoms with Crippen LogP contribution in [0.3, 0.4) is 0 Å². The molecule has 0 unspecified atom stereocenters. The number of nitrogens with one attached hydrogen (secondary N) is 1. The van der Waals surface area contributed by atoms with Crippen LogP contribution >= 0.6 is 0 Å². The van der Waals surface area contributed by atoms with Crippen LogP contribution in [-0.2, 0) is 19.7 Å². The first-order valence-corrected chi connectivity index (χ1v) is 7.83. The maximum atomic E-state index is 12.6. The van der Waals surface area contributed by atoms with Crippen molar-refractivity contribution in [2.24, 2.45) is 0 Å². The molecular weight excluding hydrogens is 296 g/mol. The second-order valence-corrected chi connectivity index (χ2v) is 6.23. The van der Waals surface area contributed by atoms with Gasteiger partial charge in [-0.1, -0.05) is 12.1 Å². The van der Waals surface area contributed by atoms with Crippen LogP contribution in [0, 0.1) is 0 Å². The second-order valence-electron chi connectivity index (χ2n) is 6.23. The van der Waals surface area contributed by atoms with Crippen LogP contribution in [0.25, 0.3) is 0 Å². The van der Waals surface area contributed by atoms with E-state index in [1.54, 1.807) is 19.1 Å². The third kappa shape index (κ3) is 3.17. The molecule has 6 nitrogen and oxygen atoms in total. The maximum absolute atomic E-state index is 12.6. The van der Waals surface area contributed by atoms with Crippen molar-refractivity contribution in [3.63, 3.8) is 0 Å². The van der Waals surface area contributed by atoms with E-state index in [9.17, 15) is 9.59 Å². The van der Waals surface area contributed by atoms with Gasteiger partial charge in [-0.15, -0.1) is 0 Å². The highest BCUT2D eigenvalue weighted by Crippen LogP contribution is 2.48. The molecule has 1 heterocycles. The Morgan fingerprint density at radius 2 is 2.09 bits per heavy atom. The fourth-order valence-corrected chi connectivity index (χ4v) is 2.94. The van der Waals surface area contributed by atoms with Crippen molar-refractivity contribution in [1.82, 2.24) is 10.2 Å². The lowest BCUT2D eigenvalue weighted by Gasteiger charge is -2.30. The molecule has 3 rings (SSSR count). The Morgan fingerprint density at radius 3 is 2.65 bits per heavy atom. The van der Waals surface area contributed by atoms with Crippen LogP contribution < -0.4 is 10.1 Å².